The second kappa shape index (κ2) is 6.35. The topological polar surface area (TPSA) is 84.7 Å². The van der Waals surface area contributed by atoms with Crippen LogP contribution in [0, 0.1) is 5.92 Å². The standard InChI is InChI=1S/C17H19N3O4/c1-10(2)14-16(21)20(17(22)19-14)8-12-9-24-15(18-12)11-4-6-13(23-3)7-5-11/h4-7,9-10,14H,8H2,1-3H3,(H,19,22). The third-order valence-corrected chi connectivity index (χ3v) is 3.93. The first-order valence-corrected chi connectivity index (χ1v) is 7.70. The number of aromatic nitrogens is 1. The van der Waals surface area contributed by atoms with Crippen molar-refractivity contribution in [2.75, 3.05) is 7.11 Å². The van der Waals surface area contributed by atoms with Gasteiger partial charge < -0.3 is 14.5 Å². The van der Waals surface area contributed by atoms with Crippen molar-refractivity contribution < 1.29 is 18.7 Å². The molecule has 1 N–H and O–H groups in total. The molecule has 2 aromatic rings. The van der Waals surface area contributed by atoms with Crippen LogP contribution in [0.2, 0.25) is 0 Å². The number of nitrogens with zero attached hydrogens (tertiary/aromatic N) is 2. The van der Waals surface area contributed by atoms with E-state index >= 15 is 0 Å². The zero-order valence-corrected chi connectivity index (χ0v) is 13.8. The Hall–Kier alpha value is -2.83. The van der Waals surface area contributed by atoms with Crippen LogP contribution in [0.5, 0.6) is 5.75 Å². The summed E-state index contributed by atoms with van der Waals surface area (Å²) in [4.78, 5) is 29.8. The molecule has 1 aromatic carbocycles. The molecular weight excluding hydrogens is 310 g/mol. The molecule has 0 aliphatic carbocycles. The quantitative estimate of drug-likeness (QED) is 0.852. The number of hydrogen-bond acceptors (Lipinski definition) is 5. The predicted molar refractivity (Wildman–Crippen MR) is 86.2 cm³/mol. The van der Waals surface area contributed by atoms with Gasteiger partial charge in [0.1, 0.15) is 18.1 Å². The SMILES string of the molecule is COc1ccc(-c2nc(CN3C(=O)NC(C(C)C)C3=O)co2)cc1. The Kier molecular flexibility index (Phi) is 4.24. The van der Waals surface area contributed by atoms with Gasteiger partial charge in [-0.1, -0.05) is 13.8 Å². The molecule has 2 heterocycles. The number of imide groups is 1. The van der Waals surface area contributed by atoms with Crippen molar-refractivity contribution in [3.8, 4) is 17.2 Å². The van der Waals surface area contributed by atoms with Gasteiger partial charge in [-0.15, -0.1) is 0 Å². The molecule has 126 valence electrons. The van der Waals surface area contributed by atoms with Crippen molar-refractivity contribution >= 4 is 11.9 Å². The summed E-state index contributed by atoms with van der Waals surface area (Å²) in [7, 11) is 1.60. The highest BCUT2D eigenvalue weighted by atomic mass is 16.5. The lowest BCUT2D eigenvalue weighted by molar-refractivity contribution is -0.128. The van der Waals surface area contributed by atoms with Gasteiger partial charge in [0.15, 0.2) is 0 Å². The van der Waals surface area contributed by atoms with Crippen LogP contribution in [0.3, 0.4) is 0 Å². The van der Waals surface area contributed by atoms with Gasteiger partial charge >= 0.3 is 6.03 Å². The smallest absolute Gasteiger partial charge is 0.325 e. The van der Waals surface area contributed by atoms with Gasteiger partial charge in [0, 0.05) is 5.56 Å². The highest BCUT2D eigenvalue weighted by Gasteiger charge is 2.39. The highest BCUT2D eigenvalue weighted by molar-refractivity contribution is 6.04. The predicted octanol–water partition coefficient (Wildman–Crippen LogP) is 2.43. The zero-order valence-electron chi connectivity index (χ0n) is 13.8. The third-order valence-electron chi connectivity index (χ3n) is 3.93. The number of carbonyl (C=O) groups excluding carboxylic acids is 2. The summed E-state index contributed by atoms with van der Waals surface area (Å²) in [6, 6.07) is 6.40. The number of hydrogen-bond donors (Lipinski definition) is 1. The normalized spacial score (nSPS) is 17.5. The number of urea groups is 1. The Morgan fingerprint density at radius 2 is 2.00 bits per heavy atom. The lowest BCUT2D eigenvalue weighted by atomic mass is 10.1. The second-order valence-corrected chi connectivity index (χ2v) is 5.97. The van der Waals surface area contributed by atoms with Crippen molar-refractivity contribution in [1.82, 2.24) is 15.2 Å². The van der Waals surface area contributed by atoms with Gasteiger partial charge in [-0.25, -0.2) is 9.78 Å². The van der Waals surface area contributed by atoms with Crippen molar-refractivity contribution in [3.63, 3.8) is 0 Å². The number of oxazole rings is 1. The summed E-state index contributed by atoms with van der Waals surface area (Å²) < 4.78 is 10.6. The van der Waals surface area contributed by atoms with E-state index in [-0.39, 0.29) is 18.4 Å². The van der Waals surface area contributed by atoms with E-state index in [1.165, 1.54) is 11.2 Å². The third kappa shape index (κ3) is 2.97. The average Bonchev–Trinajstić information content (AvgIpc) is 3.15. The monoisotopic (exact) mass is 329 g/mol. The zero-order chi connectivity index (χ0) is 17.3. The fourth-order valence-electron chi connectivity index (χ4n) is 2.55. The van der Waals surface area contributed by atoms with E-state index < -0.39 is 12.1 Å². The molecule has 7 heteroatoms. The Bertz CT molecular complexity index is 751. The molecule has 0 bridgehead atoms. The summed E-state index contributed by atoms with van der Waals surface area (Å²) in [5, 5.41) is 2.69. The number of carbonyl (C=O) groups is 2. The molecule has 1 atom stereocenters. The molecule has 1 fully saturated rings. The maximum Gasteiger partial charge on any atom is 0.325 e. The van der Waals surface area contributed by atoms with E-state index in [0.717, 1.165) is 11.3 Å². The fraction of sp³-hybridized carbons (Fsp3) is 0.353. The number of benzene rings is 1. The molecular formula is C17H19N3O4. The Labute approximate surface area is 139 Å². The van der Waals surface area contributed by atoms with Crippen molar-refractivity contribution in [3.05, 3.63) is 36.2 Å². The van der Waals surface area contributed by atoms with Gasteiger partial charge in [-0.2, -0.15) is 0 Å². The summed E-state index contributed by atoms with van der Waals surface area (Å²) in [5.74, 6) is 0.979. The molecule has 1 aliphatic rings. The largest absolute Gasteiger partial charge is 0.497 e. The first-order valence-electron chi connectivity index (χ1n) is 7.70. The van der Waals surface area contributed by atoms with E-state index in [0.29, 0.717) is 11.6 Å². The molecule has 3 rings (SSSR count). The van der Waals surface area contributed by atoms with Crippen molar-refractivity contribution in [2.24, 2.45) is 5.92 Å². The van der Waals surface area contributed by atoms with Crippen LogP contribution in [0.15, 0.2) is 34.9 Å². The van der Waals surface area contributed by atoms with Gasteiger partial charge in [0.25, 0.3) is 5.91 Å². The number of rotatable bonds is 5. The number of methoxy groups -OCH3 is 1. The van der Waals surface area contributed by atoms with E-state index in [1.54, 1.807) is 7.11 Å². The molecule has 1 saturated heterocycles. The van der Waals surface area contributed by atoms with Crippen LogP contribution in [0.4, 0.5) is 4.79 Å². The summed E-state index contributed by atoms with van der Waals surface area (Å²) in [6.45, 7) is 3.88. The maximum atomic E-state index is 12.3. The molecule has 3 amide bonds. The van der Waals surface area contributed by atoms with Crippen LogP contribution in [-0.4, -0.2) is 35.0 Å². The first kappa shape index (κ1) is 16.0. The molecule has 0 spiro atoms. The van der Waals surface area contributed by atoms with Crippen LogP contribution in [-0.2, 0) is 11.3 Å². The maximum absolute atomic E-state index is 12.3. The summed E-state index contributed by atoms with van der Waals surface area (Å²) >= 11 is 0. The van der Waals surface area contributed by atoms with E-state index in [4.69, 9.17) is 9.15 Å². The van der Waals surface area contributed by atoms with Crippen molar-refractivity contribution in [1.29, 1.82) is 0 Å². The van der Waals surface area contributed by atoms with Gasteiger partial charge in [-0.05, 0) is 30.2 Å². The summed E-state index contributed by atoms with van der Waals surface area (Å²) in [5.41, 5.74) is 1.31. The molecule has 1 unspecified atom stereocenters. The molecule has 1 aromatic heterocycles. The average molecular weight is 329 g/mol. The Morgan fingerprint density at radius 1 is 1.29 bits per heavy atom. The molecule has 0 radical (unpaired) electrons. The minimum atomic E-state index is -0.481. The Morgan fingerprint density at radius 3 is 2.58 bits per heavy atom. The lowest BCUT2D eigenvalue weighted by Gasteiger charge is -2.12. The van der Waals surface area contributed by atoms with Crippen LogP contribution in [0.25, 0.3) is 11.5 Å². The van der Waals surface area contributed by atoms with Gasteiger partial charge in [-0.3, -0.25) is 9.69 Å². The highest BCUT2D eigenvalue weighted by Crippen LogP contribution is 2.23. The first-order chi connectivity index (χ1) is 11.5. The molecule has 0 saturated carbocycles. The summed E-state index contributed by atoms with van der Waals surface area (Å²) in [6.07, 6.45) is 1.46. The Balaban J connectivity index is 1.74. The van der Waals surface area contributed by atoms with Crippen molar-refractivity contribution in [2.45, 2.75) is 26.4 Å². The molecule has 1 aliphatic heterocycles. The van der Waals surface area contributed by atoms with E-state index in [9.17, 15) is 9.59 Å². The van der Waals surface area contributed by atoms with Gasteiger partial charge in [0.05, 0.1) is 19.3 Å². The minimum Gasteiger partial charge on any atom is -0.497 e. The number of nitrogens with one attached hydrogen (secondary N) is 1. The fourth-order valence-corrected chi connectivity index (χ4v) is 2.55. The van der Waals surface area contributed by atoms with Crippen LogP contribution >= 0.6 is 0 Å². The van der Waals surface area contributed by atoms with Crippen LogP contribution < -0.4 is 10.1 Å². The lowest BCUT2D eigenvalue weighted by Crippen LogP contribution is -2.34. The minimum absolute atomic E-state index is 0.0404. The number of amides is 3. The van der Waals surface area contributed by atoms with Gasteiger partial charge in [0.2, 0.25) is 5.89 Å². The van der Waals surface area contributed by atoms with Crippen LogP contribution in [0.1, 0.15) is 19.5 Å². The van der Waals surface area contributed by atoms with E-state index in [2.05, 4.69) is 10.3 Å². The second-order valence-electron chi connectivity index (χ2n) is 5.97. The molecule has 7 nitrogen and oxygen atoms in total. The molecule has 24 heavy (non-hydrogen) atoms. The number of ether oxygens (including phenoxy) is 1. The van der Waals surface area contributed by atoms with E-state index in [1.807, 2.05) is 38.1 Å².